The summed E-state index contributed by atoms with van der Waals surface area (Å²) in [6.07, 6.45) is 5.93. The number of fused-ring (bicyclic) bond motifs is 1. The number of hydrogen-bond acceptors (Lipinski definition) is 4. The molecule has 1 aliphatic rings. The van der Waals surface area contributed by atoms with Gasteiger partial charge in [0.2, 0.25) is 5.91 Å². The lowest BCUT2D eigenvalue weighted by atomic mass is 9.98. The quantitative estimate of drug-likeness (QED) is 0.910. The molecule has 5 nitrogen and oxygen atoms in total. The Morgan fingerprint density at radius 3 is 2.87 bits per heavy atom. The van der Waals surface area contributed by atoms with E-state index in [4.69, 9.17) is 5.11 Å². The van der Waals surface area contributed by atoms with Gasteiger partial charge in [0.1, 0.15) is 5.65 Å². The molecule has 6 heteroatoms. The van der Waals surface area contributed by atoms with Crippen molar-refractivity contribution in [1.29, 1.82) is 0 Å². The van der Waals surface area contributed by atoms with E-state index in [1.165, 1.54) is 5.56 Å². The summed E-state index contributed by atoms with van der Waals surface area (Å²) >= 11 is 1.62. The largest absolute Gasteiger partial charge is 0.396 e. The predicted molar refractivity (Wildman–Crippen MR) is 92.5 cm³/mol. The highest BCUT2D eigenvalue weighted by Crippen LogP contribution is 2.19. The van der Waals surface area contributed by atoms with Crippen LogP contribution < -0.4 is 0 Å². The summed E-state index contributed by atoms with van der Waals surface area (Å²) in [5.74, 6) is 1.81. The SMILES string of the molecule is Cc1ccc2nc(CSCC(=O)N3CCC(CO)CC3)cn2c1. The van der Waals surface area contributed by atoms with Crippen LogP contribution in [0.15, 0.2) is 24.5 Å². The van der Waals surface area contributed by atoms with Crippen LogP contribution in [0.25, 0.3) is 5.65 Å². The van der Waals surface area contributed by atoms with Crippen LogP contribution in [0.3, 0.4) is 0 Å². The van der Waals surface area contributed by atoms with Gasteiger partial charge in [-0.15, -0.1) is 11.8 Å². The number of aryl methyl sites for hydroxylation is 1. The fourth-order valence-corrected chi connectivity index (χ4v) is 3.73. The molecule has 2 aromatic rings. The number of likely N-dealkylation sites (tertiary alicyclic amines) is 1. The molecule has 0 bridgehead atoms. The monoisotopic (exact) mass is 333 g/mol. The summed E-state index contributed by atoms with van der Waals surface area (Å²) in [6.45, 7) is 3.85. The Hall–Kier alpha value is -1.53. The molecule has 3 heterocycles. The molecular formula is C17H23N3O2S. The number of piperidine rings is 1. The van der Waals surface area contributed by atoms with Gasteiger partial charge in [0, 0.05) is 37.8 Å². The molecule has 124 valence electrons. The van der Waals surface area contributed by atoms with Crippen molar-refractivity contribution in [2.75, 3.05) is 25.4 Å². The third-order valence-electron chi connectivity index (χ3n) is 4.35. The van der Waals surface area contributed by atoms with Crippen molar-refractivity contribution < 1.29 is 9.90 Å². The molecule has 0 unspecified atom stereocenters. The third kappa shape index (κ3) is 4.06. The number of aliphatic hydroxyl groups is 1. The van der Waals surface area contributed by atoms with E-state index in [9.17, 15) is 4.79 Å². The highest BCUT2D eigenvalue weighted by atomic mass is 32.2. The number of amides is 1. The van der Waals surface area contributed by atoms with Crippen LogP contribution in [0.4, 0.5) is 0 Å². The summed E-state index contributed by atoms with van der Waals surface area (Å²) in [5, 5.41) is 9.14. The predicted octanol–water partition coefficient (Wildman–Crippen LogP) is 2.11. The second-order valence-corrected chi connectivity index (χ2v) is 7.19. The molecule has 0 aliphatic carbocycles. The molecule has 1 amide bonds. The van der Waals surface area contributed by atoms with E-state index in [1.807, 2.05) is 21.6 Å². The first-order chi connectivity index (χ1) is 11.2. The van der Waals surface area contributed by atoms with Crippen molar-refractivity contribution in [1.82, 2.24) is 14.3 Å². The molecule has 2 aromatic heterocycles. The van der Waals surface area contributed by atoms with Gasteiger partial charge in [-0.2, -0.15) is 0 Å². The highest BCUT2D eigenvalue weighted by molar-refractivity contribution is 7.99. The average Bonchev–Trinajstić information content (AvgIpc) is 2.96. The lowest BCUT2D eigenvalue weighted by Crippen LogP contribution is -2.40. The van der Waals surface area contributed by atoms with Crippen LogP contribution in [0.5, 0.6) is 0 Å². The summed E-state index contributed by atoms with van der Waals surface area (Å²) < 4.78 is 2.03. The molecule has 1 N–H and O–H groups in total. The Labute approximate surface area is 140 Å². The van der Waals surface area contributed by atoms with Crippen LogP contribution >= 0.6 is 11.8 Å². The van der Waals surface area contributed by atoms with Gasteiger partial charge >= 0.3 is 0 Å². The Bertz CT molecular complexity index is 678. The Balaban J connectivity index is 1.47. The number of thioether (sulfide) groups is 1. The maximum absolute atomic E-state index is 12.2. The third-order valence-corrected chi connectivity index (χ3v) is 5.30. The van der Waals surface area contributed by atoms with Gasteiger partial charge in [-0.3, -0.25) is 4.79 Å². The zero-order chi connectivity index (χ0) is 16.2. The normalized spacial score (nSPS) is 16.2. The molecule has 0 saturated carbocycles. The maximum atomic E-state index is 12.2. The van der Waals surface area contributed by atoms with E-state index in [0.29, 0.717) is 11.7 Å². The molecule has 0 spiro atoms. The van der Waals surface area contributed by atoms with Crippen LogP contribution in [0, 0.1) is 12.8 Å². The number of carbonyl (C=O) groups excluding carboxylic acids is 1. The minimum Gasteiger partial charge on any atom is -0.396 e. The highest BCUT2D eigenvalue weighted by Gasteiger charge is 2.21. The van der Waals surface area contributed by atoms with E-state index in [2.05, 4.69) is 24.2 Å². The average molecular weight is 333 g/mol. The number of rotatable bonds is 5. The Morgan fingerprint density at radius 1 is 1.35 bits per heavy atom. The first-order valence-electron chi connectivity index (χ1n) is 8.06. The van der Waals surface area contributed by atoms with Crippen LogP contribution in [0.2, 0.25) is 0 Å². The van der Waals surface area contributed by atoms with Crippen molar-refractivity contribution >= 4 is 23.3 Å². The van der Waals surface area contributed by atoms with E-state index >= 15 is 0 Å². The lowest BCUT2D eigenvalue weighted by Gasteiger charge is -2.31. The number of imidazole rings is 1. The zero-order valence-electron chi connectivity index (χ0n) is 13.4. The molecule has 1 fully saturated rings. The molecule has 1 saturated heterocycles. The number of aromatic nitrogens is 2. The van der Waals surface area contributed by atoms with Crippen molar-refractivity contribution in [2.45, 2.75) is 25.5 Å². The number of nitrogens with zero attached hydrogens (tertiary/aromatic N) is 3. The summed E-state index contributed by atoms with van der Waals surface area (Å²) in [7, 11) is 0. The van der Waals surface area contributed by atoms with Gasteiger partial charge in [-0.25, -0.2) is 4.98 Å². The van der Waals surface area contributed by atoms with Gasteiger partial charge in [-0.1, -0.05) is 6.07 Å². The van der Waals surface area contributed by atoms with Crippen LogP contribution in [0.1, 0.15) is 24.1 Å². The molecule has 3 rings (SSSR count). The number of hydrogen-bond donors (Lipinski definition) is 1. The molecule has 0 aromatic carbocycles. The van der Waals surface area contributed by atoms with Crippen LogP contribution in [-0.2, 0) is 10.5 Å². The smallest absolute Gasteiger partial charge is 0.232 e. The van der Waals surface area contributed by atoms with Gasteiger partial charge in [0.25, 0.3) is 0 Å². The molecular weight excluding hydrogens is 310 g/mol. The standard InChI is InChI=1S/C17H23N3O2S/c1-13-2-3-16-18-15(9-20(16)8-13)11-23-12-17(22)19-6-4-14(10-21)5-7-19/h2-3,8-9,14,21H,4-7,10-12H2,1H3. The van der Waals surface area contributed by atoms with Gasteiger partial charge in [0.05, 0.1) is 11.4 Å². The van der Waals surface area contributed by atoms with Crippen molar-refractivity contribution in [2.24, 2.45) is 5.92 Å². The fraction of sp³-hybridized carbons (Fsp3) is 0.529. The lowest BCUT2D eigenvalue weighted by molar-refractivity contribution is -0.129. The Kier molecular flexibility index (Phi) is 5.23. The van der Waals surface area contributed by atoms with Crippen molar-refractivity contribution in [3.05, 3.63) is 35.8 Å². The van der Waals surface area contributed by atoms with E-state index in [1.54, 1.807) is 11.8 Å². The van der Waals surface area contributed by atoms with E-state index in [-0.39, 0.29) is 12.5 Å². The summed E-state index contributed by atoms with van der Waals surface area (Å²) in [4.78, 5) is 18.7. The maximum Gasteiger partial charge on any atom is 0.232 e. The number of carbonyl (C=O) groups is 1. The van der Waals surface area contributed by atoms with Crippen molar-refractivity contribution in [3.8, 4) is 0 Å². The van der Waals surface area contributed by atoms with E-state index < -0.39 is 0 Å². The minimum absolute atomic E-state index is 0.200. The minimum atomic E-state index is 0.200. The summed E-state index contributed by atoms with van der Waals surface area (Å²) in [6, 6.07) is 4.07. The zero-order valence-corrected chi connectivity index (χ0v) is 14.3. The summed E-state index contributed by atoms with van der Waals surface area (Å²) in [5.41, 5.74) is 3.16. The van der Waals surface area contributed by atoms with Gasteiger partial charge in [-0.05, 0) is 37.3 Å². The molecule has 1 aliphatic heterocycles. The van der Waals surface area contributed by atoms with Gasteiger partial charge in [0.15, 0.2) is 0 Å². The molecule has 23 heavy (non-hydrogen) atoms. The topological polar surface area (TPSA) is 57.8 Å². The van der Waals surface area contributed by atoms with Crippen LogP contribution in [-0.4, -0.2) is 50.7 Å². The van der Waals surface area contributed by atoms with E-state index in [0.717, 1.165) is 43.0 Å². The first kappa shape index (κ1) is 16.3. The first-order valence-corrected chi connectivity index (χ1v) is 9.22. The second kappa shape index (κ2) is 7.36. The molecule has 0 radical (unpaired) electrons. The van der Waals surface area contributed by atoms with Gasteiger partial charge < -0.3 is 14.4 Å². The number of aliphatic hydroxyl groups excluding tert-OH is 1. The fourth-order valence-electron chi connectivity index (χ4n) is 2.92. The Morgan fingerprint density at radius 2 is 2.13 bits per heavy atom. The number of pyridine rings is 1. The second-order valence-electron chi connectivity index (χ2n) is 6.20. The van der Waals surface area contributed by atoms with Crippen molar-refractivity contribution in [3.63, 3.8) is 0 Å². The molecule has 0 atom stereocenters.